The molecule has 0 amide bonds. The van der Waals surface area contributed by atoms with Crippen LogP contribution in [0.25, 0.3) is 0 Å². The van der Waals surface area contributed by atoms with Crippen molar-refractivity contribution in [3.05, 3.63) is 6.92 Å². The van der Waals surface area contributed by atoms with Gasteiger partial charge in [-0.1, -0.05) is 206 Å². The summed E-state index contributed by atoms with van der Waals surface area (Å²) >= 11 is 0. The number of hydrogen-bond donors (Lipinski definition) is 0. The summed E-state index contributed by atoms with van der Waals surface area (Å²) in [4.78, 5) is 0. The topological polar surface area (TPSA) is 27.7 Å². The van der Waals surface area contributed by atoms with Crippen LogP contribution in [0.2, 0.25) is 0 Å². The number of rotatable bonds is 36. The van der Waals surface area contributed by atoms with Gasteiger partial charge < -0.3 is 14.2 Å². The van der Waals surface area contributed by atoms with Gasteiger partial charge in [0.15, 0.2) is 0 Å². The smallest absolute Gasteiger partial charge is 0.112 e. The van der Waals surface area contributed by atoms with E-state index in [1.54, 1.807) is 0 Å². The molecule has 1 saturated heterocycles. The summed E-state index contributed by atoms with van der Waals surface area (Å²) in [6.45, 7) is 11.0. The van der Waals surface area contributed by atoms with Crippen LogP contribution in [0.3, 0.4) is 0 Å². The van der Waals surface area contributed by atoms with Crippen molar-refractivity contribution in [1.29, 1.82) is 0 Å². The highest BCUT2D eigenvalue weighted by atomic mass is 16.6. The van der Waals surface area contributed by atoms with Crippen LogP contribution in [0.5, 0.6) is 0 Å². The molecule has 0 aromatic heterocycles. The Hall–Kier alpha value is -0.120. The first-order chi connectivity index (χ1) is 21.8. The molecule has 0 saturated carbocycles. The number of unbranched alkanes of at least 4 members (excludes halogenated alkanes) is 30. The molecule has 1 aliphatic heterocycles. The number of ether oxygens (including phenoxy) is 3. The second kappa shape index (κ2) is 34.2. The van der Waals surface area contributed by atoms with E-state index in [4.69, 9.17) is 14.2 Å². The van der Waals surface area contributed by atoms with Crippen molar-refractivity contribution < 1.29 is 14.2 Å². The lowest BCUT2D eigenvalue weighted by Gasteiger charge is -2.21. The molecular weight excluding hydrogens is 540 g/mol. The average Bonchev–Trinajstić information content (AvgIpc) is 3.38. The Kier molecular flexibility index (Phi) is 32.6. The quantitative estimate of drug-likeness (QED) is 0.0651. The molecule has 0 spiro atoms. The minimum atomic E-state index is -0.0909. The second-order valence-corrected chi connectivity index (χ2v) is 14.2. The Balaban J connectivity index is 1.83. The third-order valence-corrected chi connectivity index (χ3v) is 9.85. The van der Waals surface area contributed by atoms with Crippen molar-refractivity contribution >= 4 is 0 Å². The van der Waals surface area contributed by atoms with Crippen LogP contribution >= 0.6 is 0 Å². The molecule has 0 aromatic rings. The monoisotopic (exact) mass is 622 g/mol. The van der Waals surface area contributed by atoms with Gasteiger partial charge in [0.25, 0.3) is 0 Å². The third-order valence-electron chi connectivity index (χ3n) is 9.85. The molecule has 3 nitrogen and oxygen atoms in total. The van der Waals surface area contributed by atoms with Crippen LogP contribution in [0.1, 0.15) is 219 Å². The van der Waals surface area contributed by atoms with Gasteiger partial charge in [-0.3, -0.25) is 0 Å². The molecule has 1 heterocycles. The molecule has 1 rings (SSSR count). The zero-order valence-corrected chi connectivity index (χ0v) is 30.4. The van der Waals surface area contributed by atoms with E-state index >= 15 is 0 Å². The Morgan fingerprint density at radius 1 is 0.409 bits per heavy atom. The average molecular weight is 622 g/mol. The highest BCUT2D eigenvalue weighted by Crippen LogP contribution is 2.22. The summed E-state index contributed by atoms with van der Waals surface area (Å²) in [5.41, 5.74) is 0. The molecule has 0 aliphatic carbocycles. The normalized spacial score (nSPS) is 18.5. The lowest BCUT2D eigenvalue weighted by Crippen LogP contribution is -2.34. The van der Waals surface area contributed by atoms with Gasteiger partial charge in [0.2, 0.25) is 0 Å². The van der Waals surface area contributed by atoms with Crippen molar-refractivity contribution in [2.24, 2.45) is 0 Å². The zero-order chi connectivity index (χ0) is 31.6. The van der Waals surface area contributed by atoms with Crippen LogP contribution in [0.4, 0.5) is 0 Å². The summed E-state index contributed by atoms with van der Waals surface area (Å²) in [5.74, 6) is 0. The summed E-state index contributed by atoms with van der Waals surface area (Å²) < 4.78 is 18.2. The molecule has 3 atom stereocenters. The van der Waals surface area contributed by atoms with Crippen LogP contribution in [0.15, 0.2) is 0 Å². The van der Waals surface area contributed by atoms with Gasteiger partial charge in [0.05, 0.1) is 12.7 Å². The van der Waals surface area contributed by atoms with E-state index in [0.717, 1.165) is 26.1 Å². The summed E-state index contributed by atoms with van der Waals surface area (Å²) in [6, 6.07) is 0. The lowest BCUT2D eigenvalue weighted by atomic mass is 10.0. The zero-order valence-electron chi connectivity index (χ0n) is 30.4. The van der Waals surface area contributed by atoms with E-state index < -0.39 is 0 Å². The fourth-order valence-corrected chi connectivity index (χ4v) is 6.76. The van der Waals surface area contributed by atoms with Gasteiger partial charge in [-0.2, -0.15) is 0 Å². The van der Waals surface area contributed by atoms with Crippen molar-refractivity contribution in [3.8, 4) is 0 Å². The van der Waals surface area contributed by atoms with E-state index in [1.165, 1.54) is 193 Å². The Morgan fingerprint density at radius 2 is 0.682 bits per heavy atom. The maximum absolute atomic E-state index is 6.22. The minimum Gasteiger partial charge on any atom is -0.373 e. The predicted octanol–water partition coefficient (Wildman–Crippen LogP) is 13.5. The van der Waals surface area contributed by atoms with Gasteiger partial charge in [-0.15, -0.1) is 0 Å². The molecule has 263 valence electrons. The van der Waals surface area contributed by atoms with Crippen molar-refractivity contribution in [1.82, 2.24) is 0 Å². The highest BCUT2D eigenvalue weighted by Gasteiger charge is 2.36. The van der Waals surface area contributed by atoms with Crippen molar-refractivity contribution in [2.45, 2.75) is 238 Å². The van der Waals surface area contributed by atoms with E-state index in [0.29, 0.717) is 6.61 Å². The van der Waals surface area contributed by atoms with E-state index in [1.807, 2.05) is 0 Å². The first-order valence-electron chi connectivity index (χ1n) is 20.5. The third kappa shape index (κ3) is 27.0. The Labute approximate surface area is 278 Å². The molecule has 1 radical (unpaired) electrons. The minimum absolute atomic E-state index is 0.00685. The maximum atomic E-state index is 6.22. The maximum Gasteiger partial charge on any atom is 0.112 e. The van der Waals surface area contributed by atoms with Crippen LogP contribution in [-0.4, -0.2) is 38.1 Å². The van der Waals surface area contributed by atoms with E-state index in [9.17, 15) is 0 Å². The van der Waals surface area contributed by atoms with Crippen molar-refractivity contribution in [3.63, 3.8) is 0 Å². The summed E-state index contributed by atoms with van der Waals surface area (Å²) in [5, 5.41) is 0. The Bertz CT molecular complexity index is 538. The first-order valence-corrected chi connectivity index (χ1v) is 20.5. The summed E-state index contributed by atoms with van der Waals surface area (Å²) in [6.07, 6.45) is 44.8. The van der Waals surface area contributed by atoms with Gasteiger partial charge in [-0.25, -0.2) is 0 Å². The van der Waals surface area contributed by atoms with Gasteiger partial charge >= 0.3 is 0 Å². The fraction of sp³-hybridized carbons (Fsp3) is 0.976. The standard InChI is InChI=1S/C41H81O3/c1-4-6-8-10-12-14-16-18-20-22-24-26-28-30-32-34-36-42-40-38-44-39(3)41(40)43-37-35-33-31-29-27-25-23-21-19-17-15-13-11-9-7-5-2/h39-41H,3-38H2,1-2H3/t39-,40+,41+/m1/s1. The molecule has 0 aromatic carbocycles. The Morgan fingerprint density at radius 3 is 1.00 bits per heavy atom. The van der Waals surface area contributed by atoms with Gasteiger partial charge in [0.1, 0.15) is 12.2 Å². The summed E-state index contributed by atoms with van der Waals surface area (Å²) in [7, 11) is 0. The molecule has 44 heavy (non-hydrogen) atoms. The van der Waals surface area contributed by atoms with E-state index in [-0.39, 0.29) is 18.3 Å². The molecule has 3 heteroatoms. The predicted molar refractivity (Wildman–Crippen MR) is 194 cm³/mol. The van der Waals surface area contributed by atoms with Gasteiger partial charge in [-0.05, 0) is 19.8 Å². The molecule has 1 fully saturated rings. The van der Waals surface area contributed by atoms with Crippen LogP contribution < -0.4 is 0 Å². The molecule has 0 N–H and O–H groups in total. The molecule has 0 unspecified atom stereocenters. The van der Waals surface area contributed by atoms with Crippen LogP contribution in [0, 0.1) is 6.92 Å². The molecular formula is C41H81O3. The first kappa shape index (κ1) is 41.9. The van der Waals surface area contributed by atoms with Crippen LogP contribution in [-0.2, 0) is 14.2 Å². The lowest BCUT2D eigenvalue weighted by molar-refractivity contribution is -0.0564. The van der Waals surface area contributed by atoms with Crippen molar-refractivity contribution in [2.75, 3.05) is 19.8 Å². The number of hydrogen-bond acceptors (Lipinski definition) is 3. The second-order valence-electron chi connectivity index (χ2n) is 14.2. The largest absolute Gasteiger partial charge is 0.373 e. The molecule has 0 bridgehead atoms. The highest BCUT2D eigenvalue weighted by molar-refractivity contribution is 4.87. The van der Waals surface area contributed by atoms with E-state index in [2.05, 4.69) is 20.8 Å². The SMILES string of the molecule is [CH2][C@H]1OC[C@H](OCCCCCCCCCCCCCCCCCC)[C@H]1OCCCCCCCCCCCCCCCCCC. The molecule has 1 aliphatic rings. The fourth-order valence-electron chi connectivity index (χ4n) is 6.76. The van der Waals surface area contributed by atoms with Gasteiger partial charge in [0, 0.05) is 13.2 Å².